The molecule has 0 bridgehead atoms. The highest BCUT2D eigenvalue weighted by Crippen LogP contribution is 2.29. The summed E-state index contributed by atoms with van der Waals surface area (Å²) in [7, 11) is 0. The molecule has 3 rings (SSSR count). The second kappa shape index (κ2) is 7.82. The number of aromatic nitrogens is 1. The normalized spacial score (nSPS) is 10.6. The lowest BCUT2D eigenvalue weighted by Gasteiger charge is -2.13. The minimum absolute atomic E-state index is 0.307. The van der Waals surface area contributed by atoms with Crippen LogP contribution in [-0.4, -0.2) is 17.6 Å². The number of carbonyl (C=O) groups is 1. The minimum Gasteiger partial charge on any atom is -0.379 e. The Kier molecular flexibility index (Phi) is 5.31. The quantitative estimate of drug-likeness (QED) is 0.636. The van der Waals surface area contributed by atoms with Crippen LogP contribution in [0.2, 0.25) is 0 Å². The van der Waals surface area contributed by atoms with Gasteiger partial charge in [0.05, 0.1) is 5.69 Å². The number of hydrogen-bond acceptors (Lipinski definition) is 3. The van der Waals surface area contributed by atoms with Crippen molar-refractivity contribution in [3.05, 3.63) is 65.6 Å². The average molecular weight is 352 g/mol. The summed E-state index contributed by atoms with van der Waals surface area (Å²) in [4.78, 5) is 15.9. The molecule has 0 radical (unpaired) electrons. The van der Waals surface area contributed by atoms with E-state index in [1.54, 1.807) is 18.3 Å². The molecule has 0 aliphatic heterocycles. The number of anilines is 2. The molecule has 2 aromatic carbocycles. The summed E-state index contributed by atoms with van der Waals surface area (Å²) < 4.78 is 15.0. The third-order valence-corrected chi connectivity index (χ3v) is 4.07. The predicted molar refractivity (Wildman–Crippen MR) is 103 cm³/mol. The third-order valence-electron chi connectivity index (χ3n) is 4.07. The van der Waals surface area contributed by atoms with Crippen molar-refractivity contribution in [2.75, 3.05) is 17.2 Å². The van der Waals surface area contributed by atoms with Crippen LogP contribution in [0.3, 0.4) is 0 Å². The second-order valence-electron chi connectivity index (χ2n) is 5.99. The van der Waals surface area contributed by atoms with Crippen LogP contribution in [0.1, 0.15) is 18.1 Å². The number of halogens is 1. The molecule has 3 N–H and O–H groups in total. The molecule has 6 heteroatoms. The molecule has 1 heterocycles. The molecule has 0 saturated carbocycles. The number of benzene rings is 2. The molecule has 3 aromatic rings. The summed E-state index contributed by atoms with van der Waals surface area (Å²) >= 11 is 0. The fourth-order valence-corrected chi connectivity index (χ4v) is 2.77. The molecule has 1 aromatic heterocycles. The Morgan fingerprint density at radius 3 is 2.65 bits per heavy atom. The van der Waals surface area contributed by atoms with E-state index in [0.29, 0.717) is 35.4 Å². The maximum Gasteiger partial charge on any atom is 0.320 e. The van der Waals surface area contributed by atoms with Crippen LogP contribution in [0.5, 0.6) is 0 Å². The van der Waals surface area contributed by atoms with Gasteiger partial charge in [0.2, 0.25) is 0 Å². The molecule has 0 unspecified atom stereocenters. The van der Waals surface area contributed by atoms with E-state index in [2.05, 4.69) is 20.9 Å². The van der Waals surface area contributed by atoms with Crippen LogP contribution in [0.4, 0.5) is 20.7 Å². The van der Waals surface area contributed by atoms with Gasteiger partial charge in [-0.3, -0.25) is 5.32 Å². The number of nitrogens with zero attached hydrogens (tertiary/aromatic N) is 1. The number of pyridine rings is 1. The van der Waals surface area contributed by atoms with Gasteiger partial charge in [-0.1, -0.05) is 30.3 Å². The van der Waals surface area contributed by atoms with E-state index < -0.39 is 0 Å². The van der Waals surface area contributed by atoms with Crippen molar-refractivity contribution in [3.8, 4) is 0 Å². The van der Waals surface area contributed by atoms with Gasteiger partial charge in [0, 0.05) is 30.1 Å². The first kappa shape index (κ1) is 17.7. The Morgan fingerprint density at radius 1 is 1.15 bits per heavy atom. The highest BCUT2D eigenvalue weighted by atomic mass is 19.1. The van der Waals surface area contributed by atoms with E-state index in [0.717, 1.165) is 11.1 Å². The number of amides is 2. The van der Waals surface area contributed by atoms with Crippen molar-refractivity contribution in [3.63, 3.8) is 0 Å². The molecule has 0 aliphatic carbocycles. The van der Waals surface area contributed by atoms with Crippen LogP contribution >= 0.6 is 0 Å². The Balaban J connectivity index is 1.90. The summed E-state index contributed by atoms with van der Waals surface area (Å²) in [6.07, 6.45) is 1.58. The van der Waals surface area contributed by atoms with Gasteiger partial charge in [-0.2, -0.15) is 0 Å². The van der Waals surface area contributed by atoms with E-state index in [1.807, 2.05) is 44.2 Å². The average Bonchev–Trinajstić information content (AvgIpc) is 2.64. The number of fused-ring (bicyclic) bond motifs is 1. The number of urea groups is 1. The highest BCUT2D eigenvalue weighted by Gasteiger charge is 2.12. The van der Waals surface area contributed by atoms with Crippen LogP contribution in [0.15, 0.2) is 48.7 Å². The van der Waals surface area contributed by atoms with Gasteiger partial charge in [0.25, 0.3) is 0 Å². The van der Waals surface area contributed by atoms with Crippen molar-refractivity contribution in [2.45, 2.75) is 20.4 Å². The first-order valence-corrected chi connectivity index (χ1v) is 8.50. The molecular weight excluding hydrogens is 331 g/mol. The van der Waals surface area contributed by atoms with E-state index in [1.165, 1.54) is 0 Å². The first-order valence-electron chi connectivity index (χ1n) is 8.50. The van der Waals surface area contributed by atoms with Crippen LogP contribution in [0, 0.1) is 12.7 Å². The summed E-state index contributed by atoms with van der Waals surface area (Å²) in [5.74, 6) is -0.0511. The predicted octanol–water partition coefficient (Wildman–Crippen LogP) is 4.44. The lowest BCUT2D eigenvalue weighted by molar-refractivity contribution is 0.252. The van der Waals surface area contributed by atoms with Crippen molar-refractivity contribution >= 4 is 28.3 Å². The Bertz CT molecular complexity index is 928. The number of aryl methyl sites for hydroxylation is 1. The third kappa shape index (κ3) is 3.91. The van der Waals surface area contributed by atoms with Gasteiger partial charge in [0.15, 0.2) is 5.82 Å². The molecule has 26 heavy (non-hydrogen) atoms. The van der Waals surface area contributed by atoms with Crippen LogP contribution in [0.25, 0.3) is 10.8 Å². The fourth-order valence-electron chi connectivity index (χ4n) is 2.77. The van der Waals surface area contributed by atoms with Gasteiger partial charge in [-0.25, -0.2) is 14.2 Å². The first-order chi connectivity index (χ1) is 12.6. The topological polar surface area (TPSA) is 66.1 Å². The molecule has 0 aliphatic rings. The Hall–Kier alpha value is -3.15. The highest BCUT2D eigenvalue weighted by molar-refractivity contribution is 5.94. The summed E-state index contributed by atoms with van der Waals surface area (Å²) in [5, 5.41) is 9.52. The van der Waals surface area contributed by atoms with Gasteiger partial charge < -0.3 is 10.6 Å². The van der Waals surface area contributed by atoms with Gasteiger partial charge in [-0.15, -0.1) is 0 Å². The van der Waals surface area contributed by atoms with E-state index in [-0.39, 0.29) is 11.8 Å². The molecule has 0 spiro atoms. The zero-order valence-electron chi connectivity index (χ0n) is 14.8. The van der Waals surface area contributed by atoms with Gasteiger partial charge in [0.1, 0.15) is 5.82 Å². The Morgan fingerprint density at radius 2 is 1.92 bits per heavy atom. The van der Waals surface area contributed by atoms with Gasteiger partial charge in [-0.05, 0) is 37.1 Å². The van der Waals surface area contributed by atoms with E-state index in [9.17, 15) is 9.18 Å². The van der Waals surface area contributed by atoms with Crippen molar-refractivity contribution < 1.29 is 9.18 Å². The van der Waals surface area contributed by atoms with Crippen molar-refractivity contribution in [2.24, 2.45) is 0 Å². The molecule has 0 fully saturated rings. The number of nitrogens with one attached hydrogen (secondary N) is 3. The van der Waals surface area contributed by atoms with Crippen molar-refractivity contribution in [1.82, 2.24) is 10.3 Å². The molecule has 0 saturated heterocycles. The van der Waals surface area contributed by atoms with E-state index >= 15 is 0 Å². The monoisotopic (exact) mass is 352 g/mol. The zero-order chi connectivity index (χ0) is 18.5. The van der Waals surface area contributed by atoms with Crippen LogP contribution < -0.4 is 16.0 Å². The number of carbonyl (C=O) groups excluding carboxylic acids is 1. The fraction of sp³-hybridized carbons (Fsp3) is 0.200. The molecule has 134 valence electrons. The maximum atomic E-state index is 15.0. The SMILES string of the molecule is CCNC(=O)Nc1cc2c(F)c(NCc3ccccc3)cc(C)c2cn1. The molecular formula is C20H21FN4O. The Labute approximate surface area is 151 Å². The summed E-state index contributed by atoms with van der Waals surface area (Å²) in [6.45, 7) is 4.76. The standard InChI is InChI=1S/C20H21FN4O/c1-3-22-20(26)25-18-10-15-16(12-24-18)13(2)9-17(19(15)21)23-11-14-7-5-4-6-8-14/h4-10,12,23H,3,11H2,1-2H3,(H2,22,24,25,26). The number of hydrogen-bond donors (Lipinski definition) is 3. The molecule has 0 atom stereocenters. The largest absolute Gasteiger partial charge is 0.379 e. The maximum absolute atomic E-state index is 15.0. The van der Waals surface area contributed by atoms with Crippen LogP contribution in [-0.2, 0) is 6.54 Å². The molecule has 5 nitrogen and oxygen atoms in total. The lowest BCUT2D eigenvalue weighted by Crippen LogP contribution is -2.28. The minimum atomic E-state index is -0.366. The summed E-state index contributed by atoms with van der Waals surface area (Å²) in [5.41, 5.74) is 2.40. The zero-order valence-corrected chi connectivity index (χ0v) is 14.8. The molecule has 2 amide bonds. The number of rotatable bonds is 5. The summed E-state index contributed by atoms with van der Waals surface area (Å²) in [6, 6.07) is 12.8. The second-order valence-corrected chi connectivity index (χ2v) is 5.99. The van der Waals surface area contributed by atoms with E-state index in [4.69, 9.17) is 0 Å². The van der Waals surface area contributed by atoms with Gasteiger partial charge >= 0.3 is 6.03 Å². The smallest absolute Gasteiger partial charge is 0.320 e. The van der Waals surface area contributed by atoms with Crippen molar-refractivity contribution in [1.29, 1.82) is 0 Å². The lowest BCUT2D eigenvalue weighted by atomic mass is 10.1.